The normalized spacial score (nSPS) is 10.5. The highest BCUT2D eigenvalue weighted by Gasteiger charge is 2.11. The topological polar surface area (TPSA) is 24.9 Å². The molecule has 0 saturated heterocycles. The summed E-state index contributed by atoms with van der Waals surface area (Å²) in [5.74, 6) is -0.968. The van der Waals surface area contributed by atoms with Gasteiger partial charge in [-0.25, -0.2) is 13.8 Å². The molecule has 0 aliphatic rings. The van der Waals surface area contributed by atoms with Gasteiger partial charge in [0.15, 0.2) is 11.6 Å². The Morgan fingerprint density at radius 1 is 1.11 bits per heavy atom. The summed E-state index contributed by atoms with van der Waals surface area (Å²) in [7, 11) is 0. The van der Waals surface area contributed by atoms with Crippen molar-refractivity contribution in [1.29, 1.82) is 0 Å². The summed E-state index contributed by atoms with van der Waals surface area (Å²) in [5.41, 5.74) is 0.706. The molecule has 2 nitrogen and oxygen atoms in total. The number of anilines is 2. The van der Waals surface area contributed by atoms with Gasteiger partial charge in [-0.05, 0) is 46.6 Å². The molecule has 1 aromatic heterocycles. The first-order chi connectivity index (χ1) is 8.47. The third-order valence-corrected chi connectivity index (χ3v) is 3.59. The fraction of sp³-hybridized carbons (Fsp3) is 0.0833. The second-order valence-corrected chi connectivity index (χ2v) is 5.46. The lowest BCUT2D eigenvalue weighted by atomic mass is 10.2. The van der Waals surface area contributed by atoms with E-state index < -0.39 is 11.6 Å². The van der Waals surface area contributed by atoms with E-state index >= 15 is 0 Å². The lowest BCUT2D eigenvalue weighted by Crippen LogP contribution is -2.00. The number of nitrogens with zero attached hydrogens (tertiary/aromatic N) is 1. The van der Waals surface area contributed by atoms with Crippen LogP contribution in [-0.4, -0.2) is 4.98 Å². The summed E-state index contributed by atoms with van der Waals surface area (Å²) >= 11 is 6.33. The Morgan fingerprint density at radius 3 is 2.28 bits per heavy atom. The Kier molecular flexibility index (Phi) is 3.97. The molecule has 2 aromatic rings. The highest BCUT2D eigenvalue weighted by Crippen LogP contribution is 2.27. The van der Waals surface area contributed by atoms with Crippen molar-refractivity contribution in [2.75, 3.05) is 5.32 Å². The van der Waals surface area contributed by atoms with E-state index in [1.54, 1.807) is 12.3 Å². The van der Waals surface area contributed by atoms with Gasteiger partial charge in [0.2, 0.25) is 0 Å². The fourth-order valence-corrected chi connectivity index (χ4v) is 2.02. The summed E-state index contributed by atoms with van der Waals surface area (Å²) in [6.07, 6.45) is 1.58. The number of halogens is 4. The molecule has 0 bridgehead atoms. The zero-order valence-electron chi connectivity index (χ0n) is 9.27. The first kappa shape index (κ1) is 13.4. The smallest absolute Gasteiger partial charge is 0.150 e. The molecule has 0 saturated carbocycles. The molecule has 2 rings (SSSR count). The molecule has 18 heavy (non-hydrogen) atoms. The third-order valence-electron chi connectivity index (χ3n) is 2.31. The molecule has 0 aliphatic carbocycles. The van der Waals surface area contributed by atoms with Crippen LogP contribution in [0.5, 0.6) is 0 Å². The van der Waals surface area contributed by atoms with Crippen molar-refractivity contribution < 1.29 is 8.78 Å². The molecule has 1 aromatic carbocycles. The minimum Gasteiger partial charge on any atom is -0.335 e. The molecule has 0 atom stereocenters. The molecule has 1 N–H and O–H groups in total. The van der Waals surface area contributed by atoms with Crippen LogP contribution >= 0.6 is 31.9 Å². The minimum atomic E-state index is -0.677. The SMILES string of the molecule is Cc1cc(Nc2c(F)cc(Br)cc2F)ncc1Br. The number of pyridine rings is 1. The van der Waals surface area contributed by atoms with Crippen LogP contribution in [0.1, 0.15) is 5.56 Å². The van der Waals surface area contributed by atoms with Gasteiger partial charge in [0.25, 0.3) is 0 Å². The van der Waals surface area contributed by atoms with Crippen LogP contribution in [0.25, 0.3) is 0 Å². The van der Waals surface area contributed by atoms with E-state index in [9.17, 15) is 8.78 Å². The largest absolute Gasteiger partial charge is 0.335 e. The number of hydrogen-bond donors (Lipinski definition) is 1. The maximum absolute atomic E-state index is 13.6. The number of aryl methyl sites for hydroxylation is 1. The number of nitrogens with one attached hydrogen (secondary N) is 1. The highest BCUT2D eigenvalue weighted by atomic mass is 79.9. The van der Waals surface area contributed by atoms with Gasteiger partial charge >= 0.3 is 0 Å². The first-order valence-corrected chi connectivity index (χ1v) is 6.59. The number of benzene rings is 1. The number of aromatic nitrogens is 1. The molecule has 0 spiro atoms. The number of rotatable bonds is 2. The van der Waals surface area contributed by atoms with Crippen LogP contribution in [0.2, 0.25) is 0 Å². The van der Waals surface area contributed by atoms with Crippen LogP contribution in [0.4, 0.5) is 20.3 Å². The van der Waals surface area contributed by atoms with Gasteiger partial charge in [-0.3, -0.25) is 0 Å². The van der Waals surface area contributed by atoms with Gasteiger partial charge in [-0.2, -0.15) is 0 Å². The van der Waals surface area contributed by atoms with Crippen LogP contribution < -0.4 is 5.32 Å². The Hall–Kier alpha value is -1.01. The lowest BCUT2D eigenvalue weighted by Gasteiger charge is -2.09. The van der Waals surface area contributed by atoms with E-state index in [1.807, 2.05) is 6.92 Å². The zero-order valence-corrected chi connectivity index (χ0v) is 12.4. The van der Waals surface area contributed by atoms with Gasteiger partial charge in [0, 0.05) is 15.1 Å². The van der Waals surface area contributed by atoms with Gasteiger partial charge < -0.3 is 5.32 Å². The lowest BCUT2D eigenvalue weighted by molar-refractivity contribution is 0.589. The molecular formula is C12H8Br2F2N2. The summed E-state index contributed by atoms with van der Waals surface area (Å²) in [5, 5.41) is 2.63. The van der Waals surface area contributed by atoms with E-state index in [2.05, 4.69) is 42.2 Å². The molecule has 1 heterocycles. The predicted molar refractivity (Wildman–Crippen MR) is 74.0 cm³/mol. The van der Waals surface area contributed by atoms with E-state index in [0.717, 1.165) is 10.0 Å². The molecular weight excluding hydrogens is 370 g/mol. The maximum atomic E-state index is 13.6. The summed E-state index contributed by atoms with van der Waals surface area (Å²) < 4.78 is 28.4. The van der Waals surface area contributed by atoms with E-state index in [0.29, 0.717) is 10.3 Å². The molecule has 0 radical (unpaired) electrons. The first-order valence-electron chi connectivity index (χ1n) is 5.01. The van der Waals surface area contributed by atoms with E-state index in [-0.39, 0.29) is 5.69 Å². The van der Waals surface area contributed by atoms with Crippen molar-refractivity contribution in [3.63, 3.8) is 0 Å². The molecule has 0 unspecified atom stereocenters. The van der Waals surface area contributed by atoms with Crippen LogP contribution in [0.15, 0.2) is 33.3 Å². The van der Waals surface area contributed by atoms with Crippen molar-refractivity contribution in [1.82, 2.24) is 4.98 Å². The summed E-state index contributed by atoms with van der Waals surface area (Å²) in [6, 6.07) is 4.08. The number of hydrogen-bond acceptors (Lipinski definition) is 2. The Bertz CT molecular complexity index is 580. The van der Waals surface area contributed by atoms with Crippen molar-refractivity contribution in [3.8, 4) is 0 Å². The maximum Gasteiger partial charge on any atom is 0.150 e. The average molecular weight is 378 g/mol. The predicted octanol–water partition coefficient (Wildman–Crippen LogP) is 4.94. The molecule has 94 valence electrons. The van der Waals surface area contributed by atoms with Crippen molar-refractivity contribution >= 4 is 43.4 Å². The van der Waals surface area contributed by atoms with Crippen molar-refractivity contribution in [3.05, 3.63) is 50.5 Å². The van der Waals surface area contributed by atoms with Gasteiger partial charge in [-0.1, -0.05) is 15.9 Å². The summed E-state index contributed by atoms with van der Waals surface area (Å²) in [6.45, 7) is 1.87. The van der Waals surface area contributed by atoms with E-state index in [1.165, 1.54) is 12.1 Å². The second-order valence-electron chi connectivity index (χ2n) is 3.69. The van der Waals surface area contributed by atoms with Gasteiger partial charge in [0.1, 0.15) is 11.5 Å². The second kappa shape index (κ2) is 5.32. The Balaban J connectivity index is 2.37. The fourth-order valence-electron chi connectivity index (χ4n) is 1.40. The average Bonchev–Trinajstić information content (AvgIpc) is 2.28. The quantitative estimate of drug-likeness (QED) is 0.801. The standard InChI is InChI=1S/C12H8Br2F2N2/c1-6-2-11(17-5-8(6)14)18-12-9(15)3-7(13)4-10(12)16/h2-5H,1H3,(H,17,18). The summed E-state index contributed by atoms with van der Waals surface area (Å²) in [4.78, 5) is 4.04. The van der Waals surface area contributed by atoms with Gasteiger partial charge in [-0.15, -0.1) is 0 Å². The molecule has 0 fully saturated rings. The highest BCUT2D eigenvalue weighted by molar-refractivity contribution is 9.10. The van der Waals surface area contributed by atoms with Crippen LogP contribution in [-0.2, 0) is 0 Å². The zero-order chi connectivity index (χ0) is 13.3. The van der Waals surface area contributed by atoms with Crippen LogP contribution in [0, 0.1) is 18.6 Å². The Morgan fingerprint density at radius 2 is 1.72 bits per heavy atom. The monoisotopic (exact) mass is 376 g/mol. The minimum absolute atomic E-state index is 0.215. The molecule has 0 amide bonds. The molecule has 6 heteroatoms. The Labute approximate surface area is 120 Å². The third kappa shape index (κ3) is 2.87. The molecule has 0 aliphatic heterocycles. The van der Waals surface area contributed by atoms with Crippen molar-refractivity contribution in [2.45, 2.75) is 6.92 Å². The van der Waals surface area contributed by atoms with Crippen molar-refractivity contribution in [2.24, 2.45) is 0 Å². The van der Waals surface area contributed by atoms with Crippen LogP contribution in [0.3, 0.4) is 0 Å². The van der Waals surface area contributed by atoms with E-state index in [4.69, 9.17) is 0 Å². The van der Waals surface area contributed by atoms with Gasteiger partial charge in [0.05, 0.1) is 0 Å².